The Morgan fingerprint density at radius 2 is 2.08 bits per heavy atom. The average molecular weight is 371 g/mol. The zero-order valence-corrected chi connectivity index (χ0v) is 14.3. The molecule has 136 valence electrons. The molecular weight excluding hydrogens is 353 g/mol. The van der Waals surface area contributed by atoms with Gasteiger partial charge in [-0.25, -0.2) is 17.9 Å². The molecule has 0 aromatic heterocycles. The first kappa shape index (κ1) is 17.8. The van der Waals surface area contributed by atoms with Crippen LogP contribution in [0.4, 0.5) is 4.39 Å². The van der Waals surface area contributed by atoms with Crippen molar-refractivity contribution in [3.8, 4) is 0 Å². The lowest BCUT2D eigenvalue weighted by molar-refractivity contribution is -0.131. The molecule has 2 aliphatic heterocycles. The van der Waals surface area contributed by atoms with Gasteiger partial charge in [-0.1, -0.05) is 0 Å². The molecule has 0 spiro atoms. The van der Waals surface area contributed by atoms with E-state index in [0.29, 0.717) is 0 Å². The van der Waals surface area contributed by atoms with Crippen molar-refractivity contribution in [3.63, 3.8) is 0 Å². The van der Waals surface area contributed by atoms with Gasteiger partial charge in [0.1, 0.15) is 5.82 Å². The number of nitrogens with zero attached hydrogens (tertiary/aromatic N) is 2. The van der Waals surface area contributed by atoms with E-state index in [0.717, 1.165) is 18.2 Å². The van der Waals surface area contributed by atoms with Crippen molar-refractivity contribution in [1.82, 2.24) is 9.80 Å². The molecule has 0 saturated carbocycles. The number of rotatable bonds is 2. The number of amides is 2. The molecule has 0 bridgehead atoms. The number of halogens is 1. The first-order valence-corrected chi connectivity index (χ1v) is 9.22. The normalized spacial score (nSPS) is 24.2. The summed E-state index contributed by atoms with van der Waals surface area (Å²) in [5, 5.41) is 5.04. The van der Waals surface area contributed by atoms with E-state index in [-0.39, 0.29) is 54.6 Å². The molecular formula is C15H18FN3O5S. The zero-order chi connectivity index (χ0) is 18.4. The summed E-state index contributed by atoms with van der Waals surface area (Å²) in [6.45, 7) is 0.645. The topological polar surface area (TPSA) is 110 Å². The van der Waals surface area contributed by atoms with E-state index in [2.05, 4.69) is 0 Å². The molecule has 2 atom stereocenters. The van der Waals surface area contributed by atoms with Crippen molar-refractivity contribution >= 4 is 21.8 Å². The van der Waals surface area contributed by atoms with Crippen LogP contribution in [0.1, 0.15) is 16.8 Å². The van der Waals surface area contributed by atoms with E-state index in [1.807, 2.05) is 0 Å². The van der Waals surface area contributed by atoms with E-state index >= 15 is 0 Å². The van der Waals surface area contributed by atoms with Gasteiger partial charge in [-0.2, -0.15) is 0 Å². The number of fused-ring (bicyclic) bond motifs is 1. The maximum Gasteiger partial charge on any atom is 0.257 e. The monoisotopic (exact) mass is 371 g/mol. The largest absolute Gasteiger partial charge is 0.374 e. The van der Waals surface area contributed by atoms with Crippen LogP contribution in [0.2, 0.25) is 0 Å². The third-order valence-electron chi connectivity index (χ3n) is 4.56. The molecule has 2 amide bonds. The first-order valence-electron chi connectivity index (χ1n) is 7.67. The number of benzene rings is 1. The van der Waals surface area contributed by atoms with E-state index in [1.54, 1.807) is 11.9 Å². The molecule has 10 heteroatoms. The Morgan fingerprint density at radius 3 is 2.76 bits per heavy atom. The van der Waals surface area contributed by atoms with E-state index in [1.165, 1.54) is 4.90 Å². The Hall–Kier alpha value is -2.04. The zero-order valence-electron chi connectivity index (χ0n) is 13.5. The standard InChI is InChI=1S/C15H18FN3O5S/c1-18-12-7-19(8-13(12)24-5-4-14(18)20)15(21)10-6-9(25(17,22)23)2-3-11(10)16/h2-3,6,12-13H,4-5,7-8H2,1H3,(H2,17,22,23)/t12-,13-/m0/s1. The van der Waals surface area contributed by atoms with Crippen LogP contribution in [0.25, 0.3) is 0 Å². The molecule has 3 rings (SSSR count). The third kappa shape index (κ3) is 3.37. The molecule has 0 radical (unpaired) electrons. The van der Waals surface area contributed by atoms with Gasteiger partial charge in [0.25, 0.3) is 5.91 Å². The van der Waals surface area contributed by atoms with Gasteiger partial charge in [-0.3, -0.25) is 9.59 Å². The van der Waals surface area contributed by atoms with Gasteiger partial charge >= 0.3 is 0 Å². The van der Waals surface area contributed by atoms with Crippen molar-refractivity contribution in [2.24, 2.45) is 5.14 Å². The van der Waals surface area contributed by atoms with Crippen molar-refractivity contribution < 1.29 is 27.1 Å². The van der Waals surface area contributed by atoms with E-state index < -0.39 is 21.7 Å². The summed E-state index contributed by atoms with van der Waals surface area (Å²) < 4.78 is 42.5. The van der Waals surface area contributed by atoms with Crippen LogP contribution in [0.5, 0.6) is 0 Å². The highest BCUT2D eigenvalue weighted by Crippen LogP contribution is 2.25. The molecule has 0 aliphatic carbocycles. The number of nitrogens with two attached hydrogens (primary N) is 1. The maximum absolute atomic E-state index is 14.1. The van der Waals surface area contributed by atoms with Crippen LogP contribution in [0, 0.1) is 5.82 Å². The van der Waals surface area contributed by atoms with Crippen molar-refractivity contribution in [3.05, 3.63) is 29.6 Å². The molecule has 2 aliphatic rings. The number of carbonyl (C=O) groups excluding carboxylic acids is 2. The fourth-order valence-electron chi connectivity index (χ4n) is 3.13. The molecule has 1 aromatic rings. The summed E-state index contributed by atoms with van der Waals surface area (Å²) in [6, 6.07) is 2.51. The van der Waals surface area contributed by atoms with Crippen LogP contribution in [-0.2, 0) is 19.6 Å². The smallest absolute Gasteiger partial charge is 0.257 e. The Balaban J connectivity index is 1.87. The van der Waals surface area contributed by atoms with Crippen LogP contribution < -0.4 is 5.14 Å². The number of likely N-dealkylation sites (tertiary alicyclic amines) is 1. The Morgan fingerprint density at radius 1 is 1.36 bits per heavy atom. The van der Waals surface area contributed by atoms with Crippen LogP contribution >= 0.6 is 0 Å². The Labute approximate surface area is 144 Å². The number of sulfonamides is 1. The minimum atomic E-state index is -4.06. The molecule has 2 N–H and O–H groups in total. The fraction of sp³-hybridized carbons (Fsp3) is 0.467. The third-order valence-corrected chi connectivity index (χ3v) is 5.47. The highest BCUT2D eigenvalue weighted by atomic mass is 32.2. The number of ether oxygens (including phenoxy) is 1. The summed E-state index contributed by atoms with van der Waals surface area (Å²) in [4.78, 5) is 27.1. The number of primary sulfonamides is 1. The van der Waals surface area contributed by atoms with Crippen molar-refractivity contribution in [1.29, 1.82) is 0 Å². The quantitative estimate of drug-likeness (QED) is 0.757. The van der Waals surface area contributed by atoms with E-state index in [4.69, 9.17) is 9.88 Å². The van der Waals surface area contributed by atoms with Gasteiger partial charge < -0.3 is 14.5 Å². The number of carbonyl (C=O) groups is 2. The maximum atomic E-state index is 14.1. The van der Waals surface area contributed by atoms with Crippen molar-refractivity contribution in [2.45, 2.75) is 23.5 Å². The first-order chi connectivity index (χ1) is 11.7. The average Bonchev–Trinajstić information content (AvgIpc) is 2.91. The highest BCUT2D eigenvalue weighted by molar-refractivity contribution is 7.89. The molecule has 2 heterocycles. The number of hydrogen-bond acceptors (Lipinski definition) is 5. The van der Waals surface area contributed by atoms with Crippen LogP contribution in [0.3, 0.4) is 0 Å². The van der Waals surface area contributed by atoms with Crippen molar-refractivity contribution in [2.75, 3.05) is 26.7 Å². The van der Waals surface area contributed by atoms with Crippen LogP contribution in [0.15, 0.2) is 23.1 Å². The fourth-order valence-corrected chi connectivity index (χ4v) is 3.67. The molecule has 2 fully saturated rings. The van der Waals surface area contributed by atoms with Gasteiger partial charge in [0.2, 0.25) is 15.9 Å². The lowest BCUT2D eigenvalue weighted by Crippen LogP contribution is -2.43. The highest BCUT2D eigenvalue weighted by Gasteiger charge is 2.42. The number of likely N-dealkylation sites (N-methyl/N-ethyl adjacent to an activating group) is 1. The summed E-state index contributed by atoms with van der Waals surface area (Å²) in [7, 11) is -2.41. The SMILES string of the molecule is CN1C(=O)CCO[C@H]2CN(C(=O)c3cc(S(N)(=O)=O)ccc3F)C[C@@H]21. The summed E-state index contributed by atoms with van der Waals surface area (Å²) in [5.74, 6) is -1.58. The second-order valence-electron chi connectivity index (χ2n) is 6.13. The van der Waals surface area contributed by atoms with Gasteiger partial charge in [0.15, 0.2) is 0 Å². The van der Waals surface area contributed by atoms with Gasteiger partial charge in [0, 0.05) is 20.1 Å². The lowest BCUT2D eigenvalue weighted by atomic mass is 10.2. The minimum Gasteiger partial charge on any atom is -0.374 e. The molecule has 8 nitrogen and oxygen atoms in total. The van der Waals surface area contributed by atoms with Gasteiger partial charge in [-0.05, 0) is 18.2 Å². The Kier molecular flexibility index (Phi) is 4.52. The molecule has 25 heavy (non-hydrogen) atoms. The summed E-state index contributed by atoms with van der Waals surface area (Å²) >= 11 is 0. The molecule has 1 aromatic carbocycles. The van der Waals surface area contributed by atoms with Crippen LogP contribution in [-0.4, -0.2) is 68.9 Å². The van der Waals surface area contributed by atoms with Gasteiger partial charge in [-0.15, -0.1) is 0 Å². The molecule has 2 saturated heterocycles. The number of hydrogen-bond donors (Lipinski definition) is 1. The van der Waals surface area contributed by atoms with Gasteiger partial charge in [0.05, 0.1) is 35.6 Å². The second kappa shape index (κ2) is 6.36. The Bertz CT molecular complexity index is 828. The minimum absolute atomic E-state index is 0.0794. The summed E-state index contributed by atoms with van der Waals surface area (Å²) in [5.41, 5.74) is -0.378. The predicted octanol–water partition coefficient (Wildman–Crippen LogP) is -0.455. The van der Waals surface area contributed by atoms with E-state index in [9.17, 15) is 22.4 Å². The molecule has 0 unspecified atom stereocenters. The predicted molar refractivity (Wildman–Crippen MR) is 84.6 cm³/mol. The second-order valence-corrected chi connectivity index (χ2v) is 7.69. The lowest BCUT2D eigenvalue weighted by Gasteiger charge is -2.25. The summed E-state index contributed by atoms with van der Waals surface area (Å²) in [6.07, 6.45) is -0.0764.